The van der Waals surface area contributed by atoms with Crippen LogP contribution in [0.2, 0.25) is 0 Å². The lowest BCUT2D eigenvalue weighted by atomic mass is 10.0. The molecule has 0 bridgehead atoms. The molecule has 4 heteroatoms. The zero-order chi connectivity index (χ0) is 21.8. The minimum absolute atomic E-state index is 0.0213. The Hall–Kier alpha value is -3.40. The van der Waals surface area contributed by atoms with Crippen LogP contribution in [0.5, 0.6) is 0 Å². The Kier molecular flexibility index (Phi) is 6.17. The van der Waals surface area contributed by atoms with Crippen molar-refractivity contribution in [3.05, 3.63) is 95.6 Å². The first-order valence-corrected chi connectivity index (χ1v) is 10.9. The van der Waals surface area contributed by atoms with E-state index in [2.05, 4.69) is 26.0 Å². The van der Waals surface area contributed by atoms with E-state index in [0.717, 1.165) is 11.1 Å². The number of amides is 2. The summed E-state index contributed by atoms with van der Waals surface area (Å²) in [6.07, 6.45) is 0. The van der Waals surface area contributed by atoms with E-state index in [1.165, 1.54) is 5.56 Å². The van der Waals surface area contributed by atoms with Gasteiger partial charge in [0, 0.05) is 37.3 Å². The van der Waals surface area contributed by atoms with E-state index < -0.39 is 0 Å². The van der Waals surface area contributed by atoms with Crippen molar-refractivity contribution < 1.29 is 9.59 Å². The molecule has 0 aromatic heterocycles. The lowest BCUT2D eigenvalue weighted by Gasteiger charge is -2.35. The number of carbonyl (C=O) groups is 2. The Bertz CT molecular complexity index is 1030. The van der Waals surface area contributed by atoms with E-state index in [1.54, 1.807) is 0 Å². The smallest absolute Gasteiger partial charge is 0.253 e. The summed E-state index contributed by atoms with van der Waals surface area (Å²) in [6, 6.07) is 25.7. The highest BCUT2D eigenvalue weighted by Crippen LogP contribution is 2.21. The molecule has 1 aliphatic heterocycles. The summed E-state index contributed by atoms with van der Waals surface area (Å²) in [4.78, 5) is 29.4. The zero-order valence-corrected chi connectivity index (χ0v) is 18.1. The van der Waals surface area contributed by atoms with Gasteiger partial charge in [0.1, 0.15) is 0 Å². The third-order valence-electron chi connectivity index (χ3n) is 5.92. The Morgan fingerprint density at radius 1 is 0.613 bits per heavy atom. The minimum atomic E-state index is 0.0213. The summed E-state index contributed by atoms with van der Waals surface area (Å²) in [7, 11) is 0. The van der Waals surface area contributed by atoms with E-state index >= 15 is 0 Å². The monoisotopic (exact) mass is 412 g/mol. The predicted molar refractivity (Wildman–Crippen MR) is 124 cm³/mol. The van der Waals surface area contributed by atoms with Gasteiger partial charge in [0.05, 0.1) is 0 Å². The fraction of sp³-hybridized carbons (Fsp3) is 0.259. The first-order chi connectivity index (χ1) is 15.0. The van der Waals surface area contributed by atoms with Gasteiger partial charge >= 0.3 is 0 Å². The van der Waals surface area contributed by atoms with Crippen molar-refractivity contribution in [3.63, 3.8) is 0 Å². The van der Waals surface area contributed by atoms with Crippen molar-refractivity contribution in [2.45, 2.75) is 19.8 Å². The maximum atomic E-state index is 12.9. The molecular weight excluding hydrogens is 384 g/mol. The largest absolute Gasteiger partial charge is 0.335 e. The molecule has 0 radical (unpaired) electrons. The van der Waals surface area contributed by atoms with Gasteiger partial charge in [0.2, 0.25) is 0 Å². The Labute approximate surface area is 184 Å². The molecule has 1 fully saturated rings. The van der Waals surface area contributed by atoms with Gasteiger partial charge in [0.25, 0.3) is 11.8 Å². The number of benzene rings is 3. The zero-order valence-electron chi connectivity index (χ0n) is 18.1. The summed E-state index contributed by atoms with van der Waals surface area (Å²) in [5.41, 5.74) is 4.85. The van der Waals surface area contributed by atoms with Gasteiger partial charge < -0.3 is 9.80 Å². The SMILES string of the molecule is CC(C)c1ccc(C(=O)N2CCN(C(=O)c3ccc(-c4ccccc4)cc3)CC2)cc1. The summed E-state index contributed by atoms with van der Waals surface area (Å²) in [5.74, 6) is 0.503. The van der Waals surface area contributed by atoms with Crippen molar-refractivity contribution in [3.8, 4) is 11.1 Å². The molecule has 0 spiro atoms. The van der Waals surface area contributed by atoms with Crippen LogP contribution in [0.15, 0.2) is 78.9 Å². The average Bonchev–Trinajstić information content (AvgIpc) is 2.84. The Morgan fingerprint density at radius 2 is 1.03 bits per heavy atom. The highest BCUT2D eigenvalue weighted by molar-refractivity contribution is 5.96. The fourth-order valence-corrected chi connectivity index (χ4v) is 3.92. The second-order valence-electron chi connectivity index (χ2n) is 8.30. The molecule has 0 saturated carbocycles. The van der Waals surface area contributed by atoms with Crippen molar-refractivity contribution >= 4 is 11.8 Å². The Balaban J connectivity index is 1.36. The van der Waals surface area contributed by atoms with Crippen LogP contribution in [0.1, 0.15) is 46.0 Å². The average molecular weight is 413 g/mol. The molecule has 0 aliphatic carbocycles. The van der Waals surface area contributed by atoms with Crippen LogP contribution in [-0.4, -0.2) is 47.8 Å². The molecule has 158 valence electrons. The molecule has 0 N–H and O–H groups in total. The maximum absolute atomic E-state index is 12.9. The Morgan fingerprint density at radius 3 is 1.48 bits per heavy atom. The summed E-state index contributed by atoms with van der Waals surface area (Å²) in [6.45, 7) is 6.49. The van der Waals surface area contributed by atoms with E-state index in [9.17, 15) is 9.59 Å². The summed E-state index contributed by atoms with van der Waals surface area (Å²) in [5, 5.41) is 0. The normalized spacial score (nSPS) is 14.0. The topological polar surface area (TPSA) is 40.6 Å². The lowest BCUT2D eigenvalue weighted by Crippen LogP contribution is -2.50. The molecule has 1 saturated heterocycles. The van der Waals surface area contributed by atoms with Gasteiger partial charge in [-0.25, -0.2) is 0 Å². The number of piperazine rings is 1. The molecule has 3 aromatic carbocycles. The predicted octanol–water partition coefficient (Wildman–Crippen LogP) is 5.08. The first-order valence-electron chi connectivity index (χ1n) is 10.9. The third-order valence-corrected chi connectivity index (χ3v) is 5.92. The number of rotatable bonds is 4. The number of carbonyl (C=O) groups excluding carboxylic acids is 2. The minimum Gasteiger partial charge on any atom is -0.335 e. The molecule has 1 heterocycles. The number of hydrogen-bond donors (Lipinski definition) is 0. The van der Waals surface area contributed by atoms with Crippen molar-refractivity contribution in [2.75, 3.05) is 26.2 Å². The molecular formula is C27H28N2O2. The second-order valence-corrected chi connectivity index (χ2v) is 8.30. The van der Waals surface area contributed by atoms with Crippen LogP contribution in [0.3, 0.4) is 0 Å². The maximum Gasteiger partial charge on any atom is 0.253 e. The van der Waals surface area contributed by atoms with Gasteiger partial charge in [-0.1, -0.05) is 68.4 Å². The van der Waals surface area contributed by atoms with Crippen LogP contribution in [0.25, 0.3) is 11.1 Å². The standard InChI is InChI=1S/C27H28N2O2/c1-20(2)21-8-12-24(13-9-21)26(30)28-16-18-29(19-17-28)27(31)25-14-10-23(11-15-25)22-6-4-3-5-7-22/h3-15,20H,16-19H2,1-2H3. The molecule has 31 heavy (non-hydrogen) atoms. The van der Waals surface area contributed by atoms with E-state index in [0.29, 0.717) is 43.2 Å². The summed E-state index contributed by atoms with van der Waals surface area (Å²) >= 11 is 0. The summed E-state index contributed by atoms with van der Waals surface area (Å²) < 4.78 is 0. The molecule has 3 aromatic rings. The van der Waals surface area contributed by atoms with Gasteiger partial charge in [0.15, 0.2) is 0 Å². The highest BCUT2D eigenvalue weighted by Gasteiger charge is 2.25. The lowest BCUT2D eigenvalue weighted by molar-refractivity contribution is 0.0535. The van der Waals surface area contributed by atoms with Gasteiger partial charge in [-0.15, -0.1) is 0 Å². The van der Waals surface area contributed by atoms with E-state index in [4.69, 9.17) is 0 Å². The van der Waals surface area contributed by atoms with E-state index in [-0.39, 0.29) is 11.8 Å². The third kappa shape index (κ3) is 4.69. The van der Waals surface area contributed by atoms with Crippen LogP contribution in [0, 0.1) is 0 Å². The van der Waals surface area contributed by atoms with Crippen molar-refractivity contribution in [1.82, 2.24) is 9.80 Å². The molecule has 4 rings (SSSR count). The molecule has 4 nitrogen and oxygen atoms in total. The number of hydrogen-bond acceptors (Lipinski definition) is 2. The van der Waals surface area contributed by atoms with Gasteiger partial charge in [-0.05, 0) is 46.9 Å². The van der Waals surface area contributed by atoms with Crippen LogP contribution >= 0.6 is 0 Å². The van der Waals surface area contributed by atoms with Crippen molar-refractivity contribution in [2.24, 2.45) is 0 Å². The molecule has 0 unspecified atom stereocenters. The second kappa shape index (κ2) is 9.17. The first kappa shape index (κ1) is 20.9. The fourth-order valence-electron chi connectivity index (χ4n) is 3.92. The van der Waals surface area contributed by atoms with Gasteiger partial charge in [-0.2, -0.15) is 0 Å². The van der Waals surface area contributed by atoms with Gasteiger partial charge in [-0.3, -0.25) is 9.59 Å². The molecule has 2 amide bonds. The molecule has 0 atom stereocenters. The van der Waals surface area contributed by atoms with E-state index in [1.807, 2.05) is 76.5 Å². The molecule has 1 aliphatic rings. The number of nitrogens with zero attached hydrogens (tertiary/aromatic N) is 2. The quantitative estimate of drug-likeness (QED) is 0.600. The van der Waals surface area contributed by atoms with Crippen LogP contribution in [0.4, 0.5) is 0 Å². The van der Waals surface area contributed by atoms with Crippen LogP contribution in [-0.2, 0) is 0 Å². The van der Waals surface area contributed by atoms with Crippen molar-refractivity contribution in [1.29, 1.82) is 0 Å². The highest BCUT2D eigenvalue weighted by atomic mass is 16.2. The van der Waals surface area contributed by atoms with Crippen LogP contribution < -0.4 is 0 Å².